The average Bonchev–Trinajstić information content (AvgIpc) is 2.51. The molecule has 0 saturated heterocycles. The fourth-order valence-corrected chi connectivity index (χ4v) is 2.81. The van der Waals surface area contributed by atoms with Gasteiger partial charge >= 0.3 is 0 Å². The largest absolute Gasteiger partial charge is 0.322 e. The Bertz CT molecular complexity index is 828. The number of anilines is 1. The number of aryl methyl sites for hydroxylation is 4. The van der Waals surface area contributed by atoms with Gasteiger partial charge in [0.15, 0.2) is 0 Å². The summed E-state index contributed by atoms with van der Waals surface area (Å²) in [6.07, 6.45) is 1.70. The van der Waals surface area contributed by atoms with Crippen LogP contribution in [0.1, 0.15) is 34.7 Å². The summed E-state index contributed by atoms with van der Waals surface area (Å²) in [6, 6.07) is 11.7. The molecule has 130 valence electrons. The van der Waals surface area contributed by atoms with Crippen LogP contribution in [0.2, 0.25) is 0 Å². The van der Waals surface area contributed by atoms with Crippen molar-refractivity contribution in [3.05, 3.63) is 69.9 Å². The third-order valence-corrected chi connectivity index (χ3v) is 3.96. The SMILES string of the molecule is CC(=O)N/C(=C\c1ccccc1C)C(=O)Nc1c(C)cc(C)cc1C. The van der Waals surface area contributed by atoms with Crippen LogP contribution in [0.4, 0.5) is 5.69 Å². The molecule has 2 rings (SSSR count). The Morgan fingerprint density at radius 1 is 0.920 bits per heavy atom. The lowest BCUT2D eigenvalue weighted by Gasteiger charge is -2.15. The zero-order valence-electron chi connectivity index (χ0n) is 15.4. The van der Waals surface area contributed by atoms with E-state index in [1.165, 1.54) is 6.92 Å². The van der Waals surface area contributed by atoms with Crippen molar-refractivity contribution in [2.24, 2.45) is 0 Å². The van der Waals surface area contributed by atoms with Gasteiger partial charge in [0.2, 0.25) is 5.91 Å². The van der Waals surface area contributed by atoms with Crippen molar-refractivity contribution in [1.29, 1.82) is 0 Å². The van der Waals surface area contributed by atoms with Crippen molar-refractivity contribution < 1.29 is 9.59 Å². The molecule has 4 nitrogen and oxygen atoms in total. The Kier molecular flexibility index (Phi) is 5.75. The summed E-state index contributed by atoms with van der Waals surface area (Å²) >= 11 is 0. The predicted octanol–water partition coefficient (Wildman–Crippen LogP) is 4.04. The second-order valence-electron chi connectivity index (χ2n) is 6.32. The molecule has 2 aromatic rings. The molecule has 0 unspecified atom stereocenters. The molecule has 0 heterocycles. The summed E-state index contributed by atoms with van der Waals surface area (Å²) in [5.41, 5.74) is 6.04. The molecular weight excluding hydrogens is 312 g/mol. The van der Waals surface area contributed by atoms with Gasteiger partial charge in [0.25, 0.3) is 5.91 Å². The van der Waals surface area contributed by atoms with Crippen molar-refractivity contribution in [2.45, 2.75) is 34.6 Å². The molecule has 25 heavy (non-hydrogen) atoms. The molecular formula is C21H24N2O2. The molecule has 0 spiro atoms. The van der Waals surface area contributed by atoms with Gasteiger partial charge in [-0.25, -0.2) is 0 Å². The van der Waals surface area contributed by atoms with Crippen LogP contribution >= 0.6 is 0 Å². The molecule has 0 bridgehead atoms. The van der Waals surface area contributed by atoms with Gasteiger partial charge < -0.3 is 10.6 Å². The van der Waals surface area contributed by atoms with Crippen molar-refractivity contribution in [1.82, 2.24) is 5.32 Å². The maximum atomic E-state index is 12.8. The molecule has 0 aliphatic heterocycles. The maximum absolute atomic E-state index is 12.8. The summed E-state index contributed by atoms with van der Waals surface area (Å²) in [7, 11) is 0. The lowest BCUT2D eigenvalue weighted by molar-refractivity contribution is -0.120. The summed E-state index contributed by atoms with van der Waals surface area (Å²) < 4.78 is 0. The molecule has 0 aromatic heterocycles. The van der Waals surface area contributed by atoms with E-state index in [2.05, 4.69) is 10.6 Å². The summed E-state index contributed by atoms with van der Waals surface area (Å²) in [4.78, 5) is 24.3. The van der Waals surface area contributed by atoms with E-state index in [0.29, 0.717) is 0 Å². The van der Waals surface area contributed by atoms with Gasteiger partial charge in [0.1, 0.15) is 5.70 Å². The van der Waals surface area contributed by atoms with Gasteiger partial charge in [-0.3, -0.25) is 9.59 Å². The molecule has 4 heteroatoms. The Balaban J connectivity index is 2.37. The first-order valence-corrected chi connectivity index (χ1v) is 8.22. The van der Waals surface area contributed by atoms with E-state index in [4.69, 9.17) is 0 Å². The minimum absolute atomic E-state index is 0.223. The standard InChI is InChI=1S/C21H24N2O2/c1-13-10-15(3)20(16(4)11-13)23-21(25)19(22-17(5)24)12-18-9-7-6-8-14(18)2/h6-12H,1-5H3,(H,22,24)(H,23,25)/b19-12-. The van der Waals surface area contributed by atoms with E-state index >= 15 is 0 Å². The first-order valence-electron chi connectivity index (χ1n) is 8.22. The third-order valence-electron chi connectivity index (χ3n) is 3.96. The van der Waals surface area contributed by atoms with Gasteiger partial charge in [0, 0.05) is 12.6 Å². The van der Waals surface area contributed by atoms with Crippen LogP contribution in [-0.2, 0) is 9.59 Å². The second-order valence-corrected chi connectivity index (χ2v) is 6.32. The van der Waals surface area contributed by atoms with Crippen LogP contribution in [0.25, 0.3) is 6.08 Å². The van der Waals surface area contributed by atoms with E-state index in [1.54, 1.807) is 6.08 Å². The second kappa shape index (κ2) is 7.79. The zero-order chi connectivity index (χ0) is 18.6. The normalized spacial score (nSPS) is 11.2. The van der Waals surface area contributed by atoms with Gasteiger partial charge in [-0.15, -0.1) is 0 Å². The highest BCUT2D eigenvalue weighted by Gasteiger charge is 2.14. The summed E-state index contributed by atoms with van der Waals surface area (Å²) in [5, 5.41) is 5.56. The number of hydrogen-bond acceptors (Lipinski definition) is 2. The molecule has 2 amide bonds. The Hall–Kier alpha value is -2.88. The third kappa shape index (κ3) is 4.80. The van der Waals surface area contributed by atoms with Crippen LogP contribution in [0.5, 0.6) is 0 Å². The van der Waals surface area contributed by atoms with Gasteiger partial charge in [0.05, 0.1) is 0 Å². The lowest BCUT2D eigenvalue weighted by atomic mass is 10.0. The zero-order valence-corrected chi connectivity index (χ0v) is 15.4. The van der Waals surface area contributed by atoms with Gasteiger partial charge in [-0.05, 0) is 56.0 Å². The van der Waals surface area contributed by atoms with E-state index in [-0.39, 0.29) is 17.5 Å². The van der Waals surface area contributed by atoms with Crippen molar-refractivity contribution in [3.63, 3.8) is 0 Å². The maximum Gasteiger partial charge on any atom is 0.272 e. The number of benzene rings is 2. The van der Waals surface area contributed by atoms with Crippen LogP contribution in [-0.4, -0.2) is 11.8 Å². The number of nitrogens with one attached hydrogen (secondary N) is 2. The summed E-state index contributed by atoms with van der Waals surface area (Å²) in [6.45, 7) is 9.29. The molecule has 0 saturated carbocycles. The monoisotopic (exact) mass is 336 g/mol. The highest BCUT2D eigenvalue weighted by atomic mass is 16.2. The molecule has 0 atom stereocenters. The molecule has 2 aromatic carbocycles. The smallest absolute Gasteiger partial charge is 0.272 e. The first-order chi connectivity index (χ1) is 11.8. The minimum Gasteiger partial charge on any atom is -0.322 e. The number of carbonyl (C=O) groups is 2. The fourth-order valence-electron chi connectivity index (χ4n) is 2.81. The molecule has 2 N–H and O–H groups in total. The first kappa shape index (κ1) is 18.5. The highest BCUT2D eigenvalue weighted by molar-refractivity contribution is 6.09. The van der Waals surface area contributed by atoms with E-state index in [1.807, 2.05) is 64.1 Å². The highest BCUT2D eigenvalue weighted by Crippen LogP contribution is 2.22. The van der Waals surface area contributed by atoms with Crippen LogP contribution < -0.4 is 10.6 Å². The van der Waals surface area contributed by atoms with Crippen LogP contribution in [0, 0.1) is 27.7 Å². The quantitative estimate of drug-likeness (QED) is 0.828. The van der Waals surface area contributed by atoms with Crippen LogP contribution in [0.3, 0.4) is 0 Å². The summed E-state index contributed by atoms with van der Waals surface area (Å²) in [5.74, 6) is -0.624. The van der Waals surface area contributed by atoms with E-state index in [0.717, 1.165) is 33.5 Å². The lowest BCUT2D eigenvalue weighted by Crippen LogP contribution is -2.29. The van der Waals surface area contributed by atoms with Crippen LogP contribution in [0.15, 0.2) is 42.1 Å². The molecule has 0 fully saturated rings. The number of hydrogen-bond donors (Lipinski definition) is 2. The predicted molar refractivity (Wildman–Crippen MR) is 102 cm³/mol. The fraction of sp³-hybridized carbons (Fsp3) is 0.238. The van der Waals surface area contributed by atoms with E-state index in [9.17, 15) is 9.59 Å². The van der Waals surface area contributed by atoms with E-state index < -0.39 is 0 Å². The van der Waals surface area contributed by atoms with Gasteiger partial charge in [-0.1, -0.05) is 42.0 Å². The minimum atomic E-state index is -0.339. The topological polar surface area (TPSA) is 58.2 Å². The van der Waals surface area contributed by atoms with Crippen molar-refractivity contribution in [3.8, 4) is 0 Å². The average molecular weight is 336 g/mol. The number of carbonyl (C=O) groups excluding carboxylic acids is 2. The Labute approximate surface area is 149 Å². The van der Waals surface area contributed by atoms with Gasteiger partial charge in [-0.2, -0.15) is 0 Å². The number of rotatable bonds is 4. The number of amides is 2. The van der Waals surface area contributed by atoms with Crippen molar-refractivity contribution in [2.75, 3.05) is 5.32 Å². The molecule has 0 aliphatic carbocycles. The molecule has 0 aliphatic rings. The Morgan fingerprint density at radius 2 is 1.52 bits per heavy atom. The van der Waals surface area contributed by atoms with Crippen molar-refractivity contribution >= 4 is 23.6 Å². The molecule has 0 radical (unpaired) electrons. The Morgan fingerprint density at radius 3 is 2.08 bits per heavy atom.